The molecule has 0 aromatic heterocycles. The van der Waals surface area contributed by atoms with E-state index in [1.54, 1.807) is 0 Å². The first kappa shape index (κ1) is 7.43. The molecule has 0 spiro atoms. The lowest BCUT2D eigenvalue weighted by Crippen LogP contribution is -2.17. The number of hydrogen-bond donors (Lipinski definition) is 2. The van der Waals surface area contributed by atoms with Crippen molar-refractivity contribution in [3.8, 4) is 0 Å². The first-order chi connectivity index (χ1) is 3.81. The van der Waals surface area contributed by atoms with Gasteiger partial charge in [-0.15, -0.1) is 0 Å². The highest BCUT2D eigenvalue weighted by Gasteiger charge is 1.85. The summed E-state index contributed by atoms with van der Waals surface area (Å²) in [6, 6.07) is 0. The molecular weight excluding hydrogens is 109 g/mol. The maximum Gasteiger partial charge on any atom is 0.107 e. The van der Waals surface area contributed by atoms with Crippen LogP contribution in [-0.2, 0) is 0 Å². The maximum atomic E-state index is 11.3. The summed E-state index contributed by atoms with van der Waals surface area (Å²) in [6.07, 6.45) is 0. The molecule has 0 aliphatic heterocycles. The van der Waals surface area contributed by atoms with E-state index in [1.807, 2.05) is 0 Å². The molecule has 0 rings (SSSR count). The lowest BCUT2D eigenvalue weighted by molar-refractivity contribution is 0.320. The first-order valence-electron chi connectivity index (χ1n) is 2.39. The van der Waals surface area contributed by atoms with Gasteiger partial charge >= 0.3 is 0 Å². The van der Waals surface area contributed by atoms with Crippen molar-refractivity contribution in [1.82, 2.24) is 5.32 Å². The van der Waals surface area contributed by atoms with Crippen LogP contribution in [0, 0.1) is 0 Å². The number of halogens is 1. The summed E-state index contributed by atoms with van der Waals surface area (Å²) in [6.45, 7) is 3.06. The van der Waals surface area contributed by atoms with Gasteiger partial charge in [0, 0.05) is 12.2 Å². The summed E-state index contributed by atoms with van der Waals surface area (Å²) in [5.74, 6) is 0. The van der Waals surface area contributed by atoms with Crippen molar-refractivity contribution in [1.29, 1.82) is 0 Å². The van der Waals surface area contributed by atoms with Crippen LogP contribution >= 0.6 is 0 Å². The van der Waals surface area contributed by atoms with Crippen molar-refractivity contribution in [2.75, 3.05) is 19.8 Å². The van der Waals surface area contributed by atoms with Crippen molar-refractivity contribution in [3.05, 3.63) is 12.3 Å². The summed E-state index contributed by atoms with van der Waals surface area (Å²) < 4.78 is 11.3. The summed E-state index contributed by atoms with van der Waals surface area (Å²) in [4.78, 5) is 0. The highest BCUT2D eigenvalue weighted by Crippen LogP contribution is 1.77. The maximum absolute atomic E-state index is 11.3. The normalized spacial score (nSPS) is 8.75. The van der Waals surface area contributed by atoms with Crippen LogP contribution in [0.2, 0.25) is 0 Å². The summed E-state index contributed by atoms with van der Waals surface area (Å²) >= 11 is 0. The predicted octanol–water partition coefficient (Wildman–Crippen LogP) is 0.0515. The van der Waals surface area contributed by atoms with Gasteiger partial charge in [-0.1, -0.05) is 6.58 Å². The summed E-state index contributed by atoms with van der Waals surface area (Å²) in [5, 5.41) is 10.8. The standard InChI is InChI=1S/C5H10FNO/c1-5(4-8)7-3-2-6/h7-8H,1-4H2. The summed E-state index contributed by atoms with van der Waals surface area (Å²) in [5.41, 5.74) is 0.461. The van der Waals surface area contributed by atoms with Crippen LogP contribution in [0.15, 0.2) is 12.3 Å². The second-order valence-corrected chi connectivity index (χ2v) is 1.38. The minimum absolute atomic E-state index is 0.125. The molecule has 0 aliphatic carbocycles. The van der Waals surface area contributed by atoms with Gasteiger partial charge in [-0.05, 0) is 0 Å². The Bertz CT molecular complexity index is 74.8. The first-order valence-corrected chi connectivity index (χ1v) is 2.39. The molecule has 8 heavy (non-hydrogen) atoms. The molecule has 0 aromatic carbocycles. The quantitative estimate of drug-likeness (QED) is 0.548. The molecule has 0 bridgehead atoms. The Morgan fingerprint density at radius 2 is 2.38 bits per heavy atom. The molecule has 0 saturated heterocycles. The molecule has 48 valence electrons. The van der Waals surface area contributed by atoms with Gasteiger partial charge in [0.25, 0.3) is 0 Å². The smallest absolute Gasteiger partial charge is 0.107 e. The van der Waals surface area contributed by atoms with E-state index < -0.39 is 6.67 Å². The summed E-state index contributed by atoms with van der Waals surface area (Å²) in [7, 11) is 0. The Hall–Kier alpha value is -0.570. The Morgan fingerprint density at radius 1 is 1.75 bits per heavy atom. The average Bonchev–Trinajstić information content (AvgIpc) is 1.83. The van der Waals surface area contributed by atoms with Gasteiger partial charge in [0.2, 0.25) is 0 Å². The van der Waals surface area contributed by atoms with E-state index in [2.05, 4.69) is 11.9 Å². The fourth-order valence-electron chi connectivity index (χ4n) is 0.280. The van der Waals surface area contributed by atoms with E-state index >= 15 is 0 Å². The second-order valence-electron chi connectivity index (χ2n) is 1.38. The Labute approximate surface area is 48.0 Å². The molecule has 2 N–H and O–H groups in total. The molecule has 0 saturated carbocycles. The zero-order valence-corrected chi connectivity index (χ0v) is 4.65. The van der Waals surface area contributed by atoms with E-state index in [9.17, 15) is 4.39 Å². The lowest BCUT2D eigenvalue weighted by atomic mass is 10.5. The molecular formula is C5H10FNO. The van der Waals surface area contributed by atoms with Crippen LogP contribution in [0.25, 0.3) is 0 Å². The SMILES string of the molecule is C=C(CO)NCCF. The molecule has 3 heteroatoms. The number of aliphatic hydroxyl groups is 1. The van der Waals surface area contributed by atoms with E-state index in [0.717, 1.165) is 0 Å². The zero-order chi connectivity index (χ0) is 6.41. The van der Waals surface area contributed by atoms with Gasteiger partial charge in [0.1, 0.15) is 6.67 Å². The van der Waals surface area contributed by atoms with Crippen LogP contribution < -0.4 is 5.32 Å². The van der Waals surface area contributed by atoms with Crippen molar-refractivity contribution >= 4 is 0 Å². The van der Waals surface area contributed by atoms with E-state index in [1.165, 1.54) is 0 Å². The fraction of sp³-hybridized carbons (Fsp3) is 0.600. The predicted molar refractivity (Wildman–Crippen MR) is 30.2 cm³/mol. The van der Waals surface area contributed by atoms with Crippen LogP contribution in [0.4, 0.5) is 4.39 Å². The number of hydrogen-bond acceptors (Lipinski definition) is 2. The van der Waals surface area contributed by atoms with Crippen molar-refractivity contribution in [2.24, 2.45) is 0 Å². The van der Waals surface area contributed by atoms with Gasteiger partial charge < -0.3 is 10.4 Å². The lowest BCUT2D eigenvalue weighted by Gasteiger charge is -2.01. The fourth-order valence-corrected chi connectivity index (χ4v) is 0.280. The minimum Gasteiger partial charge on any atom is -0.390 e. The van der Waals surface area contributed by atoms with E-state index in [-0.39, 0.29) is 13.2 Å². The van der Waals surface area contributed by atoms with Crippen molar-refractivity contribution < 1.29 is 9.50 Å². The molecule has 0 unspecified atom stereocenters. The molecule has 2 nitrogen and oxygen atoms in total. The monoisotopic (exact) mass is 119 g/mol. The van der Waals surface area contributed by atoms with E-state index in [0.29, 0.717) is 5.70 Å². The third-order valence-electron chi connectivity index (χ3n) is 0.660. The van der Waals surface area contributed by atoms with Crippen LogP contribution in [0.5, 0.6) is 0 Å². The molecule has 0 aromatic rings. The van der Waals surface area contributed by atoms with Crippen molar-refractivity contribution in [3.63, 3.8) is 0 Å². The topological polar surface area (TPSA) is 32.3 Å². The second kappa shape index (κ2) is 4.59. The van der Waals surface area contributed by atoms with Crippen molar-refractivity contribution in [2.45, 2.75) is 0 Å². The molecule has 0 fully saturated rings. The average molecular weight is 119 g/mol. The number of nitrogens with one attached hydrogen (secondary N) is 1. The number of aliphatic hydroxyl groups excluding tert-OH is 1. The molecule has 0 atom stereocenters. The Kier molecular flexibility index (Phi) is 4.26. The van der Waals surface area contributed by atoms with Gasteiger partial charge in [-0.2, -0.15) is 0 Å². The van der Waals surface area contributed by atoms with E-state index in [4.69, 9.17) is 5.11 Å². The Morgan fingerprint density at radius 3 is 2.75 bits per heavy atom. The molecule has 0 radical (unpaired) electrons. The number of alkyl halides is 1. The van der Waals surface area contributed by atoms with Crippen LogP contribution in [0.3, 0.4) is 0 Å². The molecule has 0 amide bonds. The number of rotatable bonds is 4. The minimum atomic E-state index is -0.432. The van der Waals surface area contributed by atoms with Crippen LogP contribution in [0.1, 0.15) is 0 Å². The third-order valence-corrected chi connectivity index (χ3v) is 0.660. The zero-order valence-electron chi connectivity index (χ0n) is 4.65. The molecule has 0 heterocycles. The Balaban J connectivity index is 2.99. The highest BCUT2D eigenvalue weighted by atomic mass is 19.1. The molecule has 0 aliphatic rings. The largest absolute Gasteiger partial charge is 0.390 e. The highest BCUT2D eigenvalue weighted by molar-refractivity contribution is 4.89. The van der Waals surface area contributed by atoms with Crippen LogP contribution in [-0.4, -0.2) is 24.9 Å². The van der Waals surface area contributed by atoms with Gasteiger partial charge in [0.15, 0.2) is 0 Å². The third kappa shape index (κ3) is 3.61. The van der Waals surface area contributed by atoms with Gasteiger partial charge in [-0.25, -0.2) is 4.39 Å². The van der Waals surface area contributed by atoms with Gasteiger partial charge in [-0.3, -0.25) is 0 Å². The van der Waals surface area contributed by atoms with Gasteiger partial charge in [0.05, 0.1) is 6.61 Å².